The van der Waals surface area contributed by atoms with Crippen molar-refractivity contribution >= 4 is 34.6 Å². The molecule has 0 aliphatic rings. The second kappa shape index (κ2) is 8.55. The van der Waals surface area contributed by atoms with Crippen molar-refractivity contribution in [1.82, 2.24) is 10.3 Å². The Hall–Kier alpha value is -2.51. The summed E-state index contributed by atoms with van der Waals surface area (Å²) in [6.07, 6.45) is 0.768. The van der Waals surface area contributed by atoms with Crippen LogP contribution in [0.2, 0.25) is 0 Å². The van der Waals surface area contributed by atoms with Crippen molar-refractivity contribution in [1.29, 1.82) is 0 Å². The summed E-state index contributed by atoms with van der Waals surface area (Å²) in [5.41, 5.74) is 1.16. The number of hydrogen-bond donors (Lipinski definition) is 1. The molecule has 0 fully saturated rings. The number of benzene rings is 1. The van der Waals surface area contributed by atoms with Crippen LogP contribution in [-0.4, -0.2) is 30.0 Å². The molecule has 3 rings (SSSR count). The number of nitrogens with zero attached hydrogens (tertiary/aromatic N) is 1. The first-order valence-corrected chi connectivity index (χ1v) is 9.45. The molecule has 2 aromatic heterocycles. The van der Waals surface area contributed by atoms with Gasteiger partial charge in [0.05, 0.1) is 0 Å². The van der Waals surface area contributed by atoms with Crippen LogP contribution in [0.1, 0.15) is 15.4 Å². The maximum absolute atomic E-state index is 12.0. The highest BCUT2D eigenvalue weighted by Crippen LogP contribution is 2.23. The monoisotopic (exact) mass is 372 g/mol. The topological polar surface area (TPSA) is 68.3 Å². The molecule has 0 aliphatic heterocycles. The average Bonchev–Trinajstić information content (AvgIpc) is 3.32. The highest BCUT2D eigenvalue weighted by Gasteiger charge is 2.14. The van der Waals surface area contributed by atoms with Crippen LogP contribution in [0.4, 0.5) is 0 Å². The van der Waals surface area contributed by atoms with Crippen molar-refractivity contribution < 1.29 is 14.3 Å². The van der Waals surface area contributed by atoms with E-state index in [4.69, 9.17) is 4.74 Å². The maximum atomic E-state index is 12.0. The van der Waals surface area contributed by atoms with Gasteiger partial charge in [-0.2, -0.15) is 0 Å². The highest BCUT2D eigenvalue weighted by atomic mass is 32.1. The summed E-state index contributed by atoms with van der Waals surface area (Å²) >= 11 is 3.01. The predicted octanol–water partition coefficient (Wildman–Crippen LogP) is 3.39. The molecule has 25 heavy (non-hydrogen) atoms. The molecule has 0 unspecified atom stereocenters. The number of carbonyl (C=O) groups is 2. The summed E-state index contributed by atoms with van der Waals surface area (Å²) in [6.45, 7) is 0.216. The van der Waals surface area contributed by atoms with Crippen LogP contribution in [0.3, 0.4) is 0 Å². The van der Waals surface area contributed by atoms with Crippen molar-refractivity contribution in [2.45, 2.75) is 6.42 Å². The lowest BCUT2D eigenvalue weighted by atomic mass is 10.2. The lowest BCUT2D eigenvalue weighted by Crippen LogP contribution is -2.30. The van der Waals surface area contributed by atoms with Gasteiger partial charge in [0, 0.05) is 22.4 Å². The summed E-state index contributed by atoms with van der Waals surface area (Å²) in [7, 11) is 0. The minimum atomic E-state index is -0.591. The summed E-state index contributed by atoms with van der Waals surface area (Å²) in [5.74, 6) is -0.907. The molecule has 5 nitrogen and oxygen atoms in total. The van der Waals surface area contributed by atoms with E-state index in [0.29, 0.717) is 6.54 Å². The smallest absolute Gasteiger partial charge is 0.358 e. The second-order valence-corrected chi connectivity index (χ2v) is 7.05. The van der Waals surface area contributed by atoms with E-state index in [1.165, 1.54) is 16.2 Å². The Morgan fingerprint density at radius 3 is 2.68 bits per heavy atom. The molecule has 1 aromatic carbocycles. The number of aromatic nitrogens is 1. The molecule has 1 N–H and O–H groups in total. The highest BCUT2D eigenvalue weighted by molar-refractivity contribution is 7.13. The van der Waals surface area contributed by atoms with Crippen LogP contribution in [0.5, 0.6) is 0 Å². The fourth-order valence-corrected chi connectivity index (χ4v) is 3.62. The number of amides is 1. The van der Waals surface area contributed by atoms with Crippen LogP contribution in [0.25, 0.3) is 10.6 Å². The molecule has 2 heterocycles. The van der Waals surface area contributed by atoms with Gasteiger partial charge in [-0.1, -0.05) is 36.4 Å². The standard InChI is InChI=1S/C18H16N2O3S2/c21-16(19-9-8-14-7-4-10-24-14)11-23-18(22)15-12-25-17(20-15)13-5-2-1-3-6-13/h1-7,10,12H,8-9,11H2,(H,19,21). The van der Waals surface area contributed by atoms with Crippen LogP contribution in [0, 0.1) is 0 Å². The normalized spacial score (nSPS) is 10.4. The van der Waals surface area contributed by atoms with Gasteiger partial charge in [0.2, 0.25) is 0 Å². The van der Waals surface area contributed by atoms with Gasteiger partial charge in [0.25, 0.3) is 5.91 Å². The van der Waals surface area contributed by atoms with E-state index in [1.54, 1.807) is 16.7 Å². The van der Waals surface area contributed by atoms with Crippen LogP contribution in [0.15, 0.2) is 53.2 Å². The van der Waals surface area contributed by atoms with Crippen LogP contribution >= 0.6 is 22.7 Å². The molecule has 0 saturated heterocycles. The van der Waals surface area contributed by atoms with Crippen molar-refractivity contribution in [3.05, 3.63) is 63.8 Å². The van der Waals surface area contributed by atoms with E-state index in [9.17, 15) is 9.59 Å². The van der Waals surface area contributed by atoms with Crippen molar-refractivity contribution in [2.24, 2.45) is 0 Å². The largest absolute Gasteiger partial charge is 0.451 e. The Kier molecular flexibility index (Phi) is 5.92. The zero-order valence-corrected chi connectivity index (χ0v) is 14.9. The lowest BCUT2D eigenvalue weighted by molar-refractivity contribution is -0.124. The molecule has 7 heteroatoms. The SMILES string of the molecule is O=C(COC(=O)c1csc(-c2ccccc2)n1)NCCc1cccs1. The van der Waals surface area contributed by atoms with Gasteiger partial charge in [0.15, 0.2) is 12.3 Å². The fraction of sp³-hybridized carbons (Fsp3) is 0.167. The van der Waals surface area contributed by atoms with Gasteiger partial charge in [-0.25, -0.2) is 9.78 Å². The van der Waals surface area contributed by atoms with Crippen LogP contribution in [-0.2, 0) is 16.0 Å². The number of ether oxygens (including phenoxy) is 1. The number of thiazole rings is 1. The quantitative estimate of drug-likeness (QED) is 0.646. The van der Waals surface area contributed by atoms with Gasteiger partial charge in [0.1, 0.15) is 5.01 Å². The molecule has 1 amide bonds. The maximum Gasteiger partial charge on any atom is 0.358 e. The molecule has 128 valence electrons. The molecular weight excluding hydrogens is 356 g/mol. The van der Waals surface area contributed by atoms with Crippen LogP contribution < -0.4 is 5.32 Å². The van der Waals surface area contributed by atoms with Gasteiger partial charge in [-0.3, -0.25) is 4.79 Å². The molecule has 0 aliphatic carbocycles. The number of carbonyl (C=O) groups excluding carboxylic acids is 2. The van der Waals surface area contributed by atoms with Gasteiger partial charge >= 0.3 is 5.97 Å². The summed E-state index contributed by atoms with van der Waals surface area (Å²) in [6, 6.07) is 13.6. The number of esters is 1. The Balaban J connectivity index is 1.44. The van der Waals surface area contributed by atoms with Gasteiger partial charge in [-0.05, 0) is 17.9 Å². The lowest BCUT2D eigenvalue weighted by Gasteiger charge is -2.05. The second-order valence-electron chi connectivity index (χ2n) is 5.16. The van der Waals surface area contributed by atoms with E-state index < -0.39 is 5.97 Å². The number of thiophene rings is 1. The zero-order valence-electron chi connectivity index (χ0n) is 13.3. The molecule has 0 spiro atoms. The van der Waals surface area contributed by atoms with Gasteiger partial charge < -0.3 is 10.1 Å². The molecule has 3 aromatic rings. The number of hydrogen-bond acceptors (Lipinski definition) is 6. The van der Waals surface area contributed by atoms with Crippen molar-refractivity contribution in [3.63, 3.8) is 0 Å². The Morgan fingerprint density at radius 2 is 1.92 bits per heavy atom. The summed E-state index contributed by atoms with van der Waals surface area (Å²) < 4.78 is 5.02. The molecule has 0 saturated carbocycles. The third-order valence-corrected chi connectivity index (χ3v) is 5.17. The number of rotatable bonds is 7. The molecule has 0 radical (unpaired) electrons. The van der Waals surface area contributed by atoms with E-state index in [2.05, 4.69) is 10.3 Å². The van der Waals surface area contributed by atoms with E-state index >= 15 is 0 Å². The minimum Gasteiger partial charge on any atom is -0.451 e. The van der Waals surface area contributed by atoms with Gasteiger partial charge in [-0.15, -0.1) is 22.7 Å². The number of nitrogens with one attached hydrogen (secondary N) is 1. The van der Waals surface area contributed by atoms with E-state index in [0.717, 1.165) is 17.0 Å². The molecule has 0 atom stereocenters. The Morgan fingerprint density at radius 1 is 1.08 bits per heavy atom. The average molecular weight is 372 g/mol. The Bertz CT molecular complexity index is 829. The Labute approximate surface area is 153 Å². The fourth-order valence-electron chi connectivity index (χ4n) is 2.12. The third-order valence-electron chi connectivity index (χ3n) is 3.34. The van der Waals surface area contributed by atoms with Crippen molar-refractivity contribution in [2.75, 3.05) is 13.2 Å². The molecular formula is C18H16N2O3S2. The first kappa shape index (κ1) is 17.3. The van der Waals surface area contributed by atoms with E-state index in [1.807, 2.05) is 47.8 Å². The van der Waals surface area contributed by atoms with E-state index in [-0.39, 0.29) is 18.2 Å². The molecule has 0 bridgehead atoms. The summed E-state index contributed by atoms with van der Waals surface area (Å²) in [4.78, 5) is 29.2. The minimum absolute atomic E-state index is 0.218. The first-order valence-electron chi connectivity index (χ1n) is 7.69. The first-order chi connectivity index (χ1) is 12.2. The summed E-state index contributed by atoms with van der Waals surface area (Å²) in [5, 5.41) is 7.11. The predicted molar refractivity (Wildman–Crippen MR) is 98.9 cm³/mol. The zero-order chi connectivity index (χ0) is 17.5. The third kappa shape index (κ3) is 4.98. The van der Waals surface area contributed by atoms with Crippen molar-refractivity contribution in [3.8, 4) is 10.6 Å².